The van der Waals surface area contributed by atoms with Crippen molar-refractivity contribution < 1.29 is 9.21 Å². The summed E-state index contributed by atoms with van der Waals surface area (Å²) in [5.41, 5.74) is 1.95. The van der Waals surface area contributed by atoms with Crippen molar-refractivity contribution in [2.24, 2.45) is 0 Å². The third-order valence-electron chi connectivity index (χ3n) is 4.02. The number of carbonyl (C=O) groups excluding carboxylic acids is 1. The Balaban J connectivity index is 2.30. The highest BCUT2D eigenvalue weighted by Crippen LogP contribution is 2.23. The van der Waals surface area contributed by atoms with Gasteiger partial charge in [0.25, 0.3) is 5.91 Å². The summed E-state index contributed by atoms with van der Waals surface area (Å²) in [7, 11) is 0. The van der Waals surface area contributed by atoms with Gasteiger partial charge in [-0.15, -0.1) is 0 Å². The number of aryl methyl sites for hydroxylation is 2. The number of fused-ring (bicyclic) bond motifs is 1. The van der Waals surface area contributed by atoms with Crippen molar-refractivity contribution in [3.8, 4) is 0 Å². The molecule has 3 aromatic rings. The molecule has 0 radical (unpaired) electrons. The first kappa shape index (κ1) is 15.2. The minimum absolute atomic E-state index is 0.193. The van der Waals surface area contributed by atoms with Gasteiger partial charge in [-0.3, -0.25) is 9.36 Å². The summed E-state index contributed by atoms with van der Waals surface area (Å²) >= 11 is 0. The fourth-order valence-corrected chi connectivity index (χ4v) is 2.72. The van der Waals surface area contributed by atoms with Crippen molar-refractivity contribution in [3.05, 3.63) is 63.5 Å². The highest BCUT2D eigenvalue weighted by Gasteiger charge is 2.22. The van der Waals surface area contributed by atoms with Gasteiger partial charge in [0.15, 0.2) is 5.65 Å². The molecule has 0 aliphatic rings. The molecule has 23 heavy (non-hydrogen) atoms. The van der Waals surface area contributed by atoms with E-state index in [1.165, 1.54) is 4.57 Å². The highest BCUT2D eigenvalue weighted by molar-refractivity contribution is 6.02. The maximum atomic E-state index is 12.9. The molecule has 0 unspecified atom stereocenters. The van der Waals surface area contributed by atoms with Crippen molar-refractivity contribution in [2.75, 3.05) is 0 Å². The molecule has 3 rings (SSSR count). The van der Waals surface area contributed by atoms with Crippen molar-refractivity contribution in [1.82, 2.24) is 9.55 Å². The fraction of sp³-hybridized carbons (Fsp3) is 0.278. The molecule has 0 aliphatic carbocycles. The second kappa shape index (κ2) is 5.83. The largest absolute Gasteiger partial charge is 0.408 e. The zero-order valence-electron chi connectivity index (χ0n) is 13.4. The van der Waals surface area contributed by atoms with E-state index in [0.29, 0.717) is 34.6 Å². The van der Waals surface area contributed by atoms with Crippen LogP contribution in [-0.2, 0) is 6.42 Å². The van der Waals surface area contributed by atoms with Crippen LogP contribution in [0, 0.1) is 13.8 Å². The Morgan fingerprint density at radius 2 is 1.91 bits per heavy atom. The Hall–Kier alpha value is -2.69. The van der Waals surface area contributed by atoms with Crippen molar-refractivity contribution in [3.63, 3.8) is 0 Å². The van der Waals surface area contributed by atoms with E-state index in [1.54, 1.807) is 12.1 Å². The van der Waals surface area contributed by atoms with Gasteiger partial charge in [0.05, 0.1) is 0 Å². The van der Waals surface area contributed by atoms with Gasteiger partial charge >= 0.3 is 5.63 Å². The number of hydrogen-bond donors (Lipinski definition) is 0. The smallest absolute Gasteiger partial charge is 0.348 e. The Morgan fingerprint density at radius 3 is 2.57 bits per heavy atom. The number of rotatable bonds is 3. The van der Waals surface area contributed by atoms with Gasteiger partial charge in [-0.1, -0.05) is 25.1 Å². The van der Waals surface area contributed by atoms with Gasteiger partial charge in [0, 0.05) is 17.7 Å². The Bertz CT molecular complexity index is 936. The van der Waals surface area contributed by atoms with Gasteiger partial charge in [0.1, 0.15) is 5.39 Å². The van der Waals surface area contributed by atoms with Gasteiger partial charge in [-0.2, -0.15) is 4.98 Å². The van der Waals surface area contributed by atoms with E-state index >= 15 is 0 Å². The molecule has 5 heteroatoms. The quantitative estimate of drug-likeness (QED) is 0.745. The minimum atomic E-state index is -0.432. The zero-order valence-corrected chi connectivity index (χ0v) is 13.4. The third-order valence-corrected chi connectivity index (χ3v) is 4.02. The van der Waals surface area contributed by atoms with E-state index in [9.17, 15) is 9.59 Å². The molecule has 2 heterocycles. The van der Waals surface area contributed by atoms with Crippen LogP contribution in [0.5, 0.6) is 0 Å². The van der Waals surface area contributed by atoms with Gasteiger partial charge in [-0.05, 0) is 38.0 Å². The molecule has 5 nitrogen and oxygen atoms in total. The number of hydrogen-bond acceptors (Lipinski definition) is 4. The predicted octanol–water partition coefficient (Wildman–Crippen LogP) is 3.25. The van der Waals surface area contributed by atoms with Crippen molar-refractivity contribution >= 4 is 16.9 Å². The molecule has 0 aliphatic heterocycles. The third kappa shape index (κ3) is 2.48. The lowest BCUT2D eigenvalue weighted by Gasteiger charge is -2.06. The van der Waals surface area contributed by atoms with Crippen LogP contribution in [-0.4, -0.2) is 15.5 Å². The molecular formula is C18H18N2O3. The molecule has 0 N–H and O–H groups in total. The lowest BCUT2D eigenvalue weighted by molar-refractivity contribution is 0.0962. The summed E-state index contributed by atoms with van der Waals surface area (Å²) < 4.78 is 6.78. The fourth-order valence-electron chi connectivity index (χ4n) is 2.72. The molecule has 0 saturated carbocycles. The summed E-state index contributed by atoms with van der Waals surface area (Å²) in [6.45, 7) is 5.61. The lowest BCUT2D eigenvalue weighted by Crippen LogP contribution is -2.15. The van der Waals surface area contributed by atoms with Crippen LogP contribution in [0.25, 0.3) is 11.0 Å². The van der Waals surface area contributed by atoms with E-state index in [1.807, 2.05) is 39.0 Å². The van der Waals surface area contributed by atoms with Gasteiger partial charge in [-0.25, -0.2) is 4.79 Å². The molecule has 118 valence electrons. The van der Waals surface area contributed by atoms with Gasteiger partial charge in [0.2, 0.25) is 5.89 Å². The second-order valence-electron chi connectivity index (χ2n) is 5.56. The summed E-state index contributed by atoms with van der Waals surface area (Å²) in [5, 5.41) is 0.381. The van der Waals surface area contributed by atoms with Crippen molar-refractivity contribution in [1.29, 1.82) is 0 Å². The summed E-state index contributed by atoms with van der Waals surface area (Å²) in [6, 6.07) is 8.98. The molecule has 1 aromatic carbocycles. The maximum absolute atomic E-state index is 12.9. The normalized spacial score (nSPS) is 11.1. The van der Waals surface area contributed by atoms with Crippen LogP contribution in [0.1, 0.15) is 40.9 Å². The second-order valence-corrected chi connectivity index (χ2v) is 5.56. The van der Waals surface area contributed by atoms with Crippen LogP contribution >= 0.6 is 0 Å². The van der Waals surface area contributed by atoms with Crippen LogP contribution in [0.15, 0.2) is 39.5 Å². The average molecular weight is 310 g/mol. The molecule has 2 aromatic heterocycles. The SMILES string of the molecule is CCCc1nc2c(c(C)c(C)n2C(=O)c2ccccc2)c(=O)o1. The standard InChI is InChI=1S/C18H18N2O3/c1-4-8-14-19-16-15(18(22)23-14)11(2)12(3)20(16)17(21)13-9-6-5-7-10-13/h5-7,9-10H,4,8H2,1-3H3. The van der Waals surface area contributed by atoms with Gasteiger partial charge < -0.3 is 4.42 Å². The van der Waals surface area contributed by atoms with Crippen LogP contribution in [0.2, 0.25) is 0 Å². The monoisotopic (exact) mass is 310 g/mol. The van der Waals surface area contributed by atoms with E-state index < -0.39 is 5.63 Å². The molecule has 0 spiro atoms. The first-order valence-electron chi connectivity index (χ1n) is 7.66. The predicted molar refractivity (Wildman–Crippen MR) is 87.9 cm³/mol. The highest BCUT2D eigenvalue weighted by atomic mass is 16.4. The Labute approximate surface area is 133 Å². The average Bonchev–Trinajstić information content (AvgIpc) is 2.79. The first-order chi connectivity index (χ1) is 11.0. The lowest BCUT2D eigenvalue weighted by atomic mass is 10.2. The van der Waals surface area contributed by atoms with Crippen molar-refractivity contribution in [2.45, 2.75) is 33.6 Å². The summed E-state index contributed by atoms with van der Waals surface area (Å²) in [4.78, 5) is 29.6. The Morgan fingerprint density at radius 1 is 1.22 bits per heavy atom. The number of nitrogens with zero attached hydrogens (tertiary/aromatic N) is 2. The summed E-state index contributed by atoms with van der Waals surface area (Å²) in [5.74, 6) is 0.173. The van der Waals surface area contributed by atoms with Crippen LogP contribution in [0.4, 0.5) is 0 Å². The molecule has 0 fully saturated rings. The topological polar surface area (TPSA) is 65.1 Å². The van der Waals surface area contributed by atoms with E-state index in [0.717, 1.165) is 12.0 Å². The number of carbonyl (C=O) groups is 1. The number of benzene rings is 1. The first-order valence-corrected chi connectivity index (χ1v) is 7.66. The molecular weight excluding hydrogens is 292 g/mol. The molecule has 0 amide bonds. The van der Waals surface area contributed by atoms with E-state index in [4.69, 9.17) is 4.42 Å². The van der Waals surface area contributed by atoms with Crippen LogP contribution < -0.4 is 5.63 Å². The van der Waals surface area contributed by atoms with E-state index in [2.05, 4.69) is 4.98 Å². The maximum Gasteiger partial charge on any atom is 0.348 e. The molecule has 0 bridgehead atoms. The minimum Gasteiger partial charge on any atom is -0.408 e. The zero-order chi connectivity index (χ0) is 16.6. The molecule has 0 saturated heterocycles. The summed E-state index contributed by atoms with van der Waals surface area (Å²) in [6.07, 6.45) is 1.38. The molecule has 0 atom stereocenters. The van der Waals surface area contributed by atoms with Crippen LogP contribution in [0.3, 0.4) is 0 Å². The Kier molecular flexibility index (Phi) is 3.86. The number of aromatic nitrogens is 2. The van der Waals surface area contributed by atoms with E-state index in [-0.39, 0.29) is 5.91 Å².